The van der Waals surface area contributed by atoms with Gasteiger partial charge in [-0.3, -0.25) is 9.59 Å². The van der Waals surface area contributed by atoms with E-state index in [0.29, 0.717) is 11.4 Å². The monoisotopic (exact) mass is 373 g/mol. The number of ether oxygens (including phenoxy) is 2. The third kappa shape index (κ3) is 2.27. The Labute approximate surface area is 157 Å². The predicted octanol–water partition coefficient (Wildman–Crippen LogP) is 3.13. The van der Waals surface area contributed by atoms with Crippen molar-refractivity contribution in [1.29, 1.82) is 0 Å². The molecular formula is C20H20ClNO4. The number of hydrogen-bond acceptors (Lipinski definition) is 4. The third-order valence-electron chi connectivity index (χ3n) is 5.48. The highest BCUT2D eigenvalue weighted by Crippen LogP contribution is 2.56. The SMILES string of the molecule is C=CC[C@@H]1N(c2ccc(Cl)cc2)C(=O)[C@@H]2[C@H](C(=O)OCC)[C@@H]3C=C[C@]21O3. The second-order valence-electron chi connectivity index (χ2n) is 6.78. The molecule has 5 nitrogen and oxygen atoms in total. The van der Waals surface area contributed by atoms with E-state index in [4.69, 9.17) is 21.1 Å². The molecule has 6 heteroatoms. The highest BCUT2D eigenvalue weighted by Gasteiger charge is 2.71. The molecule has 4 rings (SSSR count). The number of carbonyl (C=O) groups excluding carboxylic acids is 2. The van der Waals surface area contributed by atoms with Crippen molar-refractivity contribution in [1.82, 2.24) is 0 Å². The van der Waals surface area contributed by atoms with E-state index in [2.05, 4.69) is 6.58 Å². The third-order valence-corrected chi connectivity index (χ3v) is 5.73. The molecule has 2 bridgehead atoms. The topological polar surface area (TPSA) is 55.8 Å². The van der Waals surface area contributed by atoms with Crippen LogP contribution in [0.25, 0.3) is 0 Å². The van der Waals surface area contributed by atoms with Crippen LogP contribution in [0.5, 0.6) is 0 Å². The van der Waals surface area contributed by atoms with Crippen LogP contribution in [0.15, 0.2) is 49.1 Å². The molecular weight excluding hydrogens is 354 g/mol. The van der Waals surface area contributed by atoms with E-state index < -0.39 is 23.5 Å². The smallest absolute Gasteiger partial charge is 0.312 e. The summed E-state index contributed by atoms with van der Waals surface area (Å²) in [4.78, 5) is 27.6. The van der Waals surface area contributed by atoms with Crippen molar-refractivity contribution >= 4 is 29.2 Å². The molecule has 0 radical (unpaired) electrons. The van der Waals surface area contributed by atoms with Gasteiger partial charge >= 0.3 is 5.97 Å². The molecule has 5 atom stereocenters. The zero-order chi connectivity index (χ0) is 18.5. The first-order valence-electron chi connectivity index (χ1n) is 8.77. The minimum atomic E-state index is -0.826. The minimum absolute atomic E-state index is 0.121. The summed E-state index contributed by atoms with van der Waals surface area (Å²) in [5, 5.41) is 0.598. The van der Waals surface area contributed by atoms with E-state index in [1.807, 2.05) is 24.3 Å². The average molecular weight is 374 g/mol. The van der Waals surface area contributed by atoms with Crippen molar-refractivity contribution in [2.75, 3.05) is 11.5 Å². The second-order valence-corrected chi connectivity index (χ2v) is 7.21. The number of amides is 1. The zero-order valence-electron chi connectivity index (χ0n) is 14.4. The van der Waals surface area contributed by atoms with Gasteiger partial charge in [-0.05, 0) is 37.6 Å². The van der Waals surface area contributed by atoms with E-state index in [1.165, 1.54) is 0 Å². The van der Waals surface area contributed by atoms with Gasteiger partial charge in [0.25, 0.3) is 0 Å². The molecule has 0 aromatic heterocycles. The number of halogens is 1. The summed E-state index contributed by atoms with van der Waals surface area (Å²) in [7, 11) is 0. The summed E-state index contributed by atoms with van der Waals surface area (Å²) in [5.41, 5.74) is -0.0920. The fourth-order valence-corrected chi connectivity index (χ4v) is 4.64. The quantitative estimate of drug-likeness (QED) is 0.587. The van der Waals surface area contributed by atoms with Gasteiger partial charge in [0.1, 0.15) is 11.5 Å². The maximum Gasteiger partial charge on any atom is 0.312 e. The van der Waals surface area contributed by atoms with Gasteiger partial charge in [-0.15, -0.1) is 6.58 Å². The Morgan fingerprint density at radius 3 is 2.81 bits per heavy atom. The summed E-state index contributed by atoms with van der Waals surface area (Å²) in [6, 6.07) is 6.85. The molecule has 2 fully saturated rings. The summed E-state index contributed by atoms with van der Waals surface area (Å²) in [6.45, 7) is 5.87. The van der Waals surface area contributed by atoms with E-state index in [9.17, 15) is 9.59 Å². The fourth-order valence-electron chi connectivity index (χ4n) is 4.51. The Balaban J connectivity index is 1.78. The van der Waals surface area contributed by atoms with Gasteiger partial charge in [0.15, 0.2) is 0 Å². The van der Waals surface area contributed by atoms with Crippen LogP contribution >= 0.6 is 11.6 Å². The molecule has 1 spiro atoms. The lowest BCUT2D eigenvalue weighted by Crippen LogP contribution is -2.45. The Kier molecular flexibility index (Phi) is 4.16. The predicted molar refractivity (Wildman–Crippen MR) is 97.9 cm³/mol. The number of fused-ring (bicyclic) bond motifs is 1. The van der Waals surface area contributed by atoms with Gasteiger partial charge in [-0.25, -0.2) is 0 Å². The molecule has 1 aromatic rings. The maximum atomic E-state index is 13.4. The highest BCUT2D eigenvalue weighted by molar-refractivity contribution is 6.30. The summed E-state index contributed by atoms with van der Waals surface area (Å²) >= 11 is 5.99. The molecule has 136 valence electrons. The molecule has 3 heterocycles. The largest absolute Gasteiger partial charge is 0.466 e. The van der Waals surface area contributed by atoms with Gasteiger partial charge in [0.2, 0.25) is 5.91 Å². The van der Waals surface area contributed by atoms with Crippen molar-refractivity contribution in [3.8, 4) is 0 Å². The van der Waals surface area contributed by atoms with Crippen molar-refractivity contribution in [3.63, 3.8) is 0 Å². The number of carbonyl (C=O) groups is 2. The number of hydrogen-bond donors (Lipinski definition) is 0. The van der Waals surface area contributed by atoms with E-state index in [0.717, 1.165) is 5.69 Å². The molecule has 0 saturated carbocycles. The normalized spacial score (nSPS) is 34.2. The molecule has 0 unspecified atom stereocenters. The van der Waals surface area contributed by atoms with Crippen LogP contribution in [-0.2, 0) is 19.1 Å². The van der Waals surface area contributed by atoms with Gasteiger partial charge in [0.05, 0.1) is 24.7 Å². The van der Waals surface area contributed by atoms with Crippen LogP contribution in [0.3, 0.4) is 0 Å². The number of anilines is 1. The van der Waals surface area contributed by atoms with E-state index in [-0.39, 0.29) is 24.5 Å². The number of rotatable bonds is 5. The van der Waals surface area contributed by atoms with E-state index >= 15 is 0 Å². The molecule has 26 heavy (non-hydrogen) atoms. The van der Waals surface area contributed by atoms with Gasteiger partial charge < -0.3 is 14.4 Å². The lowest BCUT2D eigenvalue weighted by atomic mass is 9.74. The molecule has 1 amide bonds. The first kappa shape index (κ1) is 17.3. The first-order chi connectivity index (χ1) is 12.5. The molecule has 0 aliphatic carbocycles. The average Bonchev–Trinajstić information content (AvgIpc) is 3.26. The standard InChI is InChI=1S/C20H20ClNO4/c1-3-5-15-20-11-10-14(26-20)16(19(24)25-4-2)17(20)18(23)22(15)13-8-6-12(21)7-9-13/h3,6-11,14-17H,1,4-5H2,2H3/t14-,15-,16+,17-,20+/m0/s1. The number of nitrogens with zero attached hydrogens (tertiary/aromatic N) is 1. The molecule has 1 aromatic carbocycles. The zero-order valence-corrected chi connectivity index (χ0v) is 15.2. The first-order valence-corrected chi connectivity index (χ1v) is 9.14. The number of esters is 1. The number of benzene rings is 1. The van der Waals surface area contributed by atoms with Crippen LogP contribution in [0.4, 0.5) is 5.69 Å². The van der Waals surface area contributed by atoms with Gasteiger partial charge in [0, 0.05) is 10.7 Å². The van der Waals surface area contributed by atoms with Crippen LogP contribution in [0, 0.1) is 11.8 Å². The Hall–Kier alpha value is -2.11. The van der Waals surface area contributed by atoms with Crippen molar-refractivity contribution < 1.29 is 19.1 Å². The van der Waals surface area contributed by atoms with Crippen LogP contribution in [0.1, 0.15) is 13.3 Å². The lowest BCUT2D eigenvalue weighted by Gasteiger charge is -2.32. The summed E-state index contributed by atoms with van der Waals surface area (Å²) < 4.78 is 11.4. The Morgan fingerprint density at radius 2 is 2.15 bits per heavy atom. The van der Waals surface area contributed by atoms with Crippen molar-refractivity contribution in [3.05, 3.63) is 54.1 Å². The highest BCUT2D eigenvalue weighted by atomic mass is 35.5. The molecule has 0 N–H and O–H groups in total. The van der Waals surface area contributed by atoms with Crippen molar-refractivity contribution in [2.45, 2.75) is 31.1 Å². The fraction of sp³-hybridized carbons (Fsp3) is 0.400. The minimum Gasteiger partial charge on any atom is -0.466 e. The molecule has 2 saturated heterocycles. The maximum absolute atomic E-state index is 13.4. The van der Waals surface area contributed by atoms with Crippen LogP contribution in [0.2, 0.25) is 5.02 Å². The van der Waals surface area contributed by atoms with Gasteiger partial charge in [-0.1, -0.05) is 29.8 Å². The summed E-state index contributed by atoms with van der Waals surface area (Å²) in [5.74, 6) is -1.70. The lowest BCUT2D eigenvalue weighted by molar-refractivity contribution is -0.151. The van der Waals surface area contributed by atoms with Crippen LogP contribution in [-0.4, -0.2) is 36.2 Å². The Morgan fingerprint density at radius 1 is 1.42 bits per heavy atom. The Bertz CT molecular complexity index is 790. The molecule has 3 aliphatic heterocycles. The second kappa shape index (κ2) is 6.25. The van der Waals surface area contributed by atoms with E-state index in [1.54, 1.807) is 30.0 Å². The van der Waals surface area contributed by atoms with Crippen molar-refractivity contribution in [2.24, 2.45) is 11.8 Å². The molecule has 3 aliphatic rings. The van der Waals surface area contributed by atoms with Gasteiger partial charge in [-0.2, -0.15) is 0 Å². The van der Waals surface area contributed by atoms with Crippen LogP contribution < -0.4 is 4.90 Å². The summed E-state index contributed by atoms with van der Waals surface area (Å²) in [6.07, 6.45) is 5.74.